The quantitative estimate of drug-likeness (QED) is 0.266. The number of amides is 1. The lowest BCUT2D eigenvalue weighted by molar-refractivity contribution is -0.936. The lowest BCUT2D eigenvalue weighted by Crippen LogP contribution is -2.48. The second-order valence-corrected chi connectivity index (χ2v) is 7.96. The van der Waals surface area contributed by atoms with Crippen LogP contribution >= 0.6 is 0 Å². The van der Waals surface area contributed by atoms with Gasteiger partial charge in [0.05, 0.1) is 25.6 Å². The molecule has 2 aromatic carbocycles. The predicted octanol–water partition coefficient (Wildman–Crippen LogP) is 1.82. The smallest absolute Gasteiger partial charge is 0.475 e. The standard InChI is InChI=1S/C23H31BN2O6/c1-4-26(5-2,6-3)15-16-10-12-17(13-11-16)22(28)25-20(24(31)32)14-18-8-7-9-19(21(18)27)23(29)30/h7-13,20,31-32H,4-6,14-15H2,1-3H3,(H2-,25,27,28,29,30)/p+1/t20-/m0/s1. The largest absolute Gasteiger partial charge is 0.507 e. The Labute approximate surface area is 188 Å². The highest BCUT2D eigenvalue weighted by Gasteiger charge is 2.28. The molecule has 2 rings (SSSR count). The van der Waals surface area contributed by atoms with Gasteiger partial charge in [-0.2, -0.15) is 0 Å². The molecule has 0 unspecified atom stereocenters. The van der Waals surface area contributed by atoms with Gasteiger partial charge in [-0.3, -0.25) is 4.79 Å². The average molecular weight is 443 g/mol. The van der Waals surface area contributed by atoms with Gasteiger partial charge in [-0.15, -0.1) is 0 Å². The van der Waals surface area contributed by atoms with Gasteiger partial charge in [-0.1, -0.05) is 24.3 Å². The first kappa shape index (κ1) is 25.4. The minimum Gasteiger partial charge on any atom is -0.507 e. The first-order valence-electron chi connectivity index (χ1n) is 10.8. The van der Waals surface area contributed by atoms with Crippen molar-refractivity contribution in [2.45, 2.75) is 39.7 Å². The second-order valence-electron chi connectivity index (χ2n) is 7.96. The molecule has 0 saturated carbocycles. The Morgan fingerprint density at radius 3 is 2.09 bits per heavy atom. The molecule has 0 aliphatic carbocycles. The molecule has 0 aliphatic heterocycles. The van der Waals surface area contributed by atoms with Gasteiger partial charge in [-0.05, 0) is 51.0 Å². The fraction of sp³-hybridized carbons (Fsp3) is 0.391. The number of nitrogens with one attached hydrogen (secondary N) is 1. The molecule has 32 heavy (non-hydrogen) atoms. The van der Waals surface area contributed by atoms with Gasteiger partial charge in [0, 0.05) is 11.1 Å². The highest BCUT2D eigenvalue weighted by molar-refractivity contribution is 6.43. The molecule has 0 radical (unpaired) electrons. The lowest BCUT2D eigenvalue weighted by Gasteiger charge is -2.35. The minimum absolute atomic E-state index is 0.155. The molecule has 0 spiro atoms. The first-order valence-corrected chi connectivity index (χ1v) is 10.8. The number of carbonyl (C=O) groups excluding carboxylic acids is 1. The fourth-order valence-electron chi connectivity index (χ4n) is 3.80. The number of quaternary nitrogens is 1. The number of phenols is 1. The lowest BCUT2D eigenvalue weighted by atomic mass is 9.75. The van der Waals surface area contributed by atoms with Gasteiger partial charge >= 0.3 is 13.1 Å². The zero-order valence-corrected chi connectivity index (χ0v) is 18.8. The van der Waals surface area contributed by atoms with E-state index >= 15 is 0 Å². The zero-order valence-electron chi connectivity index (χ0n) is 18.8. The molecule has 0 saturated heterocycles. The van der Waals surface area contributed by atoms with Crippen LogP contribution < -0.4 is 5.32 Å². The number of hydrogen-bond acceptors (Lipinski definition) is 5. The Kier molecular flexibility index (Phi) is 8.83. The van der Waals surface area contributed by atoms with E-state index in [9.17, 15) is 24.7 Å². The Balaban J connectivity index is 2.14. The number of aromatic carboxylic acids is 1. The zero-order chi connectivity index (χ0) is 23.9. The number of para-hydroxylation sites is 1. The molecule has 0 fully saturated rings. The van der Waals surface area contributed by atoms with Crippen molar-refractivity contribution >= 4 is 19.0 Å². The van der Waals surface area contributed by atoms with Crippen LogP contribution in [0.5, 0.6) is 5.75 Å². The maximum Gasteiger partial charge on any atom is 0.475 e. The highest BCUT2D eigenvalue weighted by Crippen LogP contribution is 2.24. The Morgan fingerprint density at radius 2 is 1.59 bits per heavy atom. The molecule has 172 valence electrons. The summed E-state index contributed by atoms with van der Waals surface area (Å²) in [7, 11) is -1.90. The Bertz CT molecular complexity index is 920. The van der Waals surface area contributed by atoms with Crippen LogP contribution in [0, 0.1) is 0 Å². The van der Waals surface area contributed by atoms with E-state index < -0.39 is 30.7 Å². The number of hydrogen-bond donors (Lipinski definition) is 5. The van der Waals surface area contributed by atoms with Crippen molar-refractivity contribution in [3.05, 3.63) is 64.7 Å². The van der Waals surface area contributed by atoms with Crippen molar-refractivity contribution in [3.8, 4) is 5.75 Å². The number of carboxylic acid groups (broad SMARTS) is 1. The van der Waals surface area contributed by atoms with E-state index in [-0.39, 0.29) is 17.5 Å². The fourth-order valence-corrected chi connectivity index (χ4v) is 3.80. The minimum atomic E-state index is -1.90. The third-order valence-electron chi connectivity index (χ3n) is 6.21. The molecule has 0 aromatic heterocycles. The Morgan fingerprint density at radius 1 is 1.00 bits per heavy atom. The van der Waals surface area contributed by atoms with E-state index in [1.54, 1.807) is 12.1 Å². The van der Waals surface area contributed by atoms with E-state index in [2.05, 4.69) is 26.1 Å². The van der Waals surface area contributed by atoms with Crippen molar-refractivity contribution in [3.63, 3.8) is 0 Å². The molecule has 0 bridgehead atoms. The highest BCUT2D eigenvalue weighted by atomic mass is 16.4. The molecule has 2 aromatic rings. The number of rotatable bonds is 11. The summed E-state index contributed by atoms with van der Waals surface area (Å²) in [6.07, 6.45) is -0.155. The first-order chi connectivity index (χ1) is 15.2. The van der Waals surface area contributed by atoms with Crippen molar-refractivity contribution < 1.29 is 34.3 Å². The summed E-state index contributed by atoms with van der Waals surface area (Å²) in [4.78, 5) is 23.9. The van der Waals surface area contributed by atoms with Gasteiger partial charge in [-0.25, -0.2) is 4.79 Å². The normalized spacial score (nSPS) is 12.3. The maximum atomic E-state index is 12.7. The van der Waals surface area contributed by atoms with Crippen LogP contribution in [0.4, 0.5) is 0 Å². The van der Waals surface area contributed by atoms with Crippen LogP contribution in [0.3, 0.4) is 0 Å². The molecule has 8 nitrogen and oxygen atoms in total. The summed E-state index contributed by atoms with van der Waals surface area (Å²) in [5, 5.41) is 41.3. The summed E-state index contributed by atoms with van der Waals surface area (Å²) in [5.41, 5.74) is 1.37. The van der Waals surface area contributed by atoms with Crippen LogP contribution in [0.25, 0.3) is 0 Å². The van der Waals surface area contributed by atoms with Crippen LogP contribution in [0.1, 0.15) is 52.6 Å². The van der Waals surface area contributed by atoms with Crippen molar-refractivity contribution in [1.82, 2.24) is 5.32 Å². The molecule has 0 heterocycles. The number of benzene rings is 2. The molecule has 9 heteroatoms. The monoisotopic (exact) mass is 443 g/mol. The summed E-state index contributed by atoms with van der Waals surface area (Å²) in [6.45, 7) is 10.4. The van der Waals surface area contributed by atoms with Gasteiger partial charge in [0.1, 0.15) is 17.9 Å². The number of nitrogens with zero attached hydrogens (tertiary/aromatic N) is 1. The maximum absolute atomic E-state index is 12.7. The molecular formula is C23H32BN2O6+. The van der Waals surface area contributed by atoms with Crippen molar-refractivity contribution in [2.75, 3.05) is 19.6 Å². The van der Waals surface area contributed by atoms with Crippen LogP contribution in [-0.4, -0.2) is 69.3 Å². The van der Waals surface area contributed by atoms with E-state index in [1.807, 2.05) is 12.1 Å². The van der Waals surface area contributed by atoms with E-state index in [1.165, 1.54) is 18.2 Å². The molecular weight excluding hydrogens is 411 g/mol. The van der Waals surface area contributed by atoms with Crippen molar-refractivity contribution in [1.29, 1.82) is 0 Å². The SMILES string of the molecule is CC[N+](CC)(CC)Cc1ccc(C(=O)N[C@@H](Cc2cccc(C(=O)O)c2O)B(O)O)cc1. The van der Waals surface area contributed by atoms with Gasteiger partial charge in [0.25, 0.3) is 5.91 Å². The number of carboxylic acids is 1. The topological polar surface area (TPSA) is 127 Å². The summed E-state index contributed by atoms with van der Waals surface area (Å²) >= 11 is 0. The van der Waals surface area contributed by atoms with E-state index in [0.29, 0.717) is 5.56 Å². The van der Waals surface area contributed by atoms with Gasteiger partial charge in [0.2, 0.25) is 0 Å². The summed E-state index contributed by atoms with van der Waals surface area (Å²) in [5.74, 6) is -3.40. The van der Waals surface area contributed by atoms with E-state index in [4.69, 9.17) is 5.11 Å². The summed E-state index contributed by atoms with van der Waals surface area (Å²) in [6, 6.07) is 11.4. The van der Waals surface area contributed by atoms with Crippen LogP contribution in [0.15, 0.2) is 42.5 Å². The van der Waals surface area contributed by atoms with Crippen molar-refractivity contribution in [2.24, 2.45) is 0 Å². The molecule has 0 aliphatic rings. The number of aromatic hydroxyl groups is 1. The average Bonchev–Trinajstić information content (AvgIpc) is 2.78. The van der Waals surface area contributed by atoms with Crippen LogP contribution in [-0.2, 0) is 13.0 Å². The number of carbonyl (C=O) groups is 2. The Hall–Kier alpha value is -2.88. The van der Waals surface area contributed by atoms with Crippen LogP contribution in [0.2, 0.25) is 0 Å². The van der Waals surface area contributed by atoms with Gasteiger partial charge in [0.15, 0.2) is 0 Å². The summed E-state index contributed by atoms with van der Waals surface area (Å²) < 4.78 is 0.948. The third-order valence-corrected chi connectivity index (χ3v) is 6.21. The predicted molar refractivity (Wildman–Crippen MR) is 122 cm³/mol. The third kappa shape index (κ3) is 6.09. The van der Waals surface area contributed by atoms with E-state index in [0.717, 1.165) is 36.2 Å². The molecule has 1 amide bonds. The van der Waals surface area contributed by atoms with Gasteiger partial charge < -0.3 is 30.1 Å². The molecule has 1 atom stereocenters. The second kappa shape index (κ2) is 11.1. The molecule has 5 N–H and O–H groups in total.